The van der Waals surface area contributed by atoms with Gasteiger partial charge in [0.05, 0.1) is 22.9 Å². The SMILES string of the molecule is [2H]C([2H])([2H])Oc1ccc(C#Cc2cnc(NC)c3cnc(NC(=O)C4CC4)cc23)nc1. The summed E-state index contributed by atoms with van der Waals surface area (Å²) in [5.74, 6) is 7.29. The summed E-state index contributed by atoms with van der Waals surface area (Å²) in [7, 11) is -0.766. The molecule has 0 aromatic carbocycles. The lowest BCUT2D eigenvalue weighted by atomic mass is 10.1. The molecule has 0 bridgehead atoms. The first-order valence-corrected chi connectivity index (χ1v) is 8.77. The van der Waals surface area contributed by atoms with Crippen LogP contribution in [0.15, 0.2) is 36.8 Å². The average molecular weight is 376 g/mol. The van der Waals surface area contributed by atoms with Crippen molar-refractivity contribution in [2.45, 2.75) is 12.8 Å². The molecule has 0 radical (unpaired) electrons. The molecule has 0 atom stereocenters. The van der Waals surface area contributed by atoms with E-state index in [2.05, 4.69) is 37.4 Å². The summed E-state index contributed by atoms with van der Waals surface area (Å²) < 4.78 is 26.2. The monoisotopic (exact) mass is 376 g/mol. The van der Waals surface area contributed by atoms with Gasteiger partial charge in [0, 0.05) is 36.1 Å². The maximum atomic E-state index is 12.1. The molecule has 7 nitrogen and oxygen atoms in total. The number of carbonyl (C=O) groups excluding carboxylic acids is 1. The standard InChI is InChI=1S/C21H19N5O2/c1-22-20-18-12-24-19(26-21(27)13-3-4-13)9-17(18)14(10-25-20)5-6-15-7-8-16(28-2)11-23-15/h7-13H,3-4H2,1-2H3,(H,22,25)(H,24,26,27)/i2D3. The maximum Gasteiger partial charge on any atom is 0.228 e. The van der Waals surface area contributed by atoms with Crippen molar-refractivity contribution in [3.63, 3.8) is 0 Å². The molecular weight excluding hydrogens is 354 g/mol. The number of hydrogen-bond donors (Lipinski definition) is 2. The molecule has 0 saturated heterocycles. The summed E-state index contributed by atoms with van der Waals surface area (Å²) in [6.07, 6.45) is 6.42. The highest BCUT2D eigenvalue weighted by atomic mass is 16.5. The molecule has 2 N–H and O–H groups in total. The molecule has 1 fully saturated rings. The van der Waals surface area contributed by atoms with Crippen molar-refractivity contribution in [3.05, 3.63) is 48.0 Å². The van der Waals surface area contributed by atoms with E-state index in [4.69, 9.17) is 8.85 Å². The molecule has 0 unspecified atom stereocenters. The van der Waals surface area contributed by atoms with Crippen LogP contribution in [0.1, 0.15) is 28.2 Å². The molecule has 3 aromatic rings. The van der Waals surface area contributed by atoms with E-state index < -0.39 is 7.04 Å². The van der Waals surface area contributed by atoms with Crippen molar-refractivity contribution in [1.29, 1.82) is 0 Å². The third-order valence-corrected chi connectivity index (χ3v) is 4.39. The fraction of sp³-hybridized carbons (Fsp3) is 0.238. The van der Waals surface area contributed by atoms with Crippen LogP contribution in [0, 0.1) is 17.8 Å². The number of nitrogens with one attached hydrogen (secondary N) is 2. The lowest BCUT2D eigenvalue weighted by Gasteiger charge is -2.09. The number of anilines is 2. The number of amides is 1. The third kappa shape index (κ3) is 3.71. The van der Waals surface area contributed by atoms with Gasteiger partial charge >= 0.3 is 0 Å². The summed E-state index contributed by atoms with van der Waals surface area (Å²) in [4.78, 5) is 24.9. The second kappa shape index (κ2) is 7.53. The zero-order valence-electron chi connectivity index (χ0n) is 18.1. The third-order valence-electron chi connectivity index (χ3n) is 4.39. The predicted molar refractivity (Wildman–Crippen MR) is 107 cm³/mol. The number of methoxy groups -OCH3 is 1. The topological polar surface area (TPSA) is 89.0 Å². The highest BCUT2D eigenvalue weighted by Crippen LogP contribution is 2.31. The van der Waals surface area contributed by atoms with Crippen LogP contribution >= 0.6 is 0 Å². The van der Waals surface area contributed by atoms with Crippen LogP contribution < -0.4 is 15.4 Å². The van der Waals surface area contributed by atoms with Crippen LogP contribution in [0.3, 0.4) is 0 Å². The summed E-state index contributed by atoms with van der Waals surface area (Å²) in [5, 5.41) is 7.43. The van der Waals surface area contributed by atoms with Crippen molar-refractivity contribution >= 4 is 28.3 Å². The van der Waals surface area contributed by atoms with Gasteiger partial charge in [0.1, 0.15) is 23.1 Å². The van der Waals surface area contributed by atoms with E-state index in [0.717, 1.165) is 23.6 Å². The number of nitrogens with zero attached hydrogens (tertiary/aromatic N) is 3. The molecule has 7 heteroatoms. The summed E-state index contributed by atoms with van der Waals surface area (Å²) in [5.41, 5.74) is 1.09. The Morgan fingerprint density at radius 1 is 1.18 bits per heavy atom. The summed E-state index contributed by atoms with van der Waals surface area (Å²) in [6.45, 7) is 0. The van der Waals surface area contributed by atoms with Crippen molar-refractivity contribution in [3.8, 4) is 17.6 Å². The first kappa shape index (κ1) is 14.4. The minimum Gasteiger partial charge on any atom is -0.495 e. The normalized spacial score (nSPS) is 14.8. The number of ether oxygens (including phenoxy) is 1. The number of rotatable bonds is 4. The number of pyridine rings is 3. The molecule has 4 rings (SSSR count). The van der Waals surface area contributed by atoms with Gasteiger partial charge in [-0.2, -0.15) is 0 Å². The van der Waals surface area contributed by atoms with Crippen LogP contribution in [0.2, 0.25) is 0 Å². The van der Waals surface area contributed by atoms with Gasteiger partial charge in [-0.1, -0.05) is 5.92 Å². The largest absolute Gasteiger partial charge is 0.495 e. The molecule has 1 aliphatic rings. The fourth-order valence-electron chi connectivity index (χ4n) is 2.72. The first-order valence-electron chi connectivity index (χ1n) is 10.3. The van der Waals surface area contributed by atoms with E-state index in [0.29, 0.717) is 22.9 Å². The van der Waals surface area contributed by atoms with Gasteiger partial charge in [0.15, 0.2) is 0 Å². The quantitative estimate of drug-likeness (QED) is 0.681. The van der Waals surface area contributed by atoms with E-state index in [1.54, 1.807) is 31.6 Å². The Morgan fingerprint density at radius 2 is 2.07 bits per heavy atom. The Hall–Kier alpha value is -3.66. The maximum absolute atomic E-state index is 12.1. The average Bonchev–Trinajstić information content (AvgIpc) is 3.57. The minimum absolute atomic E-state index is 0.0223. The number of fused-ring (bicyclic) bond motifs is 1. The molecule has 140 valence electrons. The smallest absolute Gasteiger partial charge is 0.228 e. The Kier molecular flexibility index (Phi) is 3.87. The van der Waals surface area contributed by atoms with Crippen molar-refractivity contribution in [2.24, 2.45) is 5.92 Å². The number of carbonyl (C=O) groups is 1. The van der Waals surface area contributed by atoms with Gasteiger partial charge in [-0.25, -0.2) is 15.0 Å². The van der Waals surface area contributed by atoms with Gasteiger partial charge < -0.3 is 15.4 Å². The second-order valence-corrected chi connectivity index (χ2v) is 6.38. The molecule has 3 heterocycles. The molecule has 28 heavy (non-hydrogen) atoms. The number of aromatic nitrogens is 3. The Morgan fingerprint density at radius 3 is 2.79 bits per heavy atom. The highest BCUT2D eigenvalue weighted by Gasteiger charge is 2.29. The second-order valence-electron chi connectivity index (χ2n) is 6.38. The van der Waals surface area contributed by atoms with Crippen LogP contribution in [-0.4, -0.2) is 34.9 Å². The molecule has 0 aliphatic heterocycles. The summed E-state index contributed by atoms with van der Waals surface area (Å²) >= 11 is 0. The van der Waals surface area contributed by atoms with Crippen molar-refractivity contribution < 1.29 is 13.6 Å². The fourth-order valence-corrected chi connectivity index (χ4v) is 2.72. The van der Waals surface area contributed by atoms with Crippen LogP contribution in [0.25, 0.3) is 10.8 Å². The Balaban J connectivity index is 1.64. The van der Waals surface area contributed by atoms with Crippen LogP contribution in [0.4, 0.5) is 11.6 Å². The van der Waals surface area contributed by atoms with Gasteiger partial charge in [-0.05, 0) is 37.0 Å². The van der Waals surface area contributed by atoms with Crippen LogP contribution in [0.5, 0.6) is 5.75 Å². The van der Waals surface area contributed by atoms with Crippen molar-refractivity contribution in [1.82, 2.24) is 15.0 Å². The molecule has 0 spiro atoms. The number of hydrogen-bond acceptors (Lipinski definition) is 6. The van der Waals surface area contributed by atoms with E-state index in [1.165, 1.54) is 12.3 Å². The zero-order chi connectivity index (χ0) is 22.0. The highest BCUT2D eigenvalue weighted by molar-refractivity contribution is 5.99. The molecule has 1 saturated carbocycles. The van der Waals surface area contributed by atoms with E-state index >= 15 is 0 Å². The minimum atomic E-state index is -2.53. The first-order chi connectivity index (χ1) is 14.8. The lowest BCUT2D eigenvalue weighted by Crippen LogP contribution is -2.14. The van der Waals surface area contributed by atoms with Crippen molar-refractivity contribution in [2.75, 3.05) is 24.7 Å². The Labute approximate surface area is 166 Å². The van der Waals surface area contributed by atoms with E-state index in [9.17, 15) is 4.79 Å². The van der Waals surface area contributed by atoms with Gasteiger partial charge in [-0.15, -0.1) is 0 Å². The molecule has 1 aliphatic carbocycles. The van der Waals surface area contributed by atoms with E-state index in [-0.39, 0.29) is 17.6 Å². The predicted octanol–water partition coefficient (Wildman–Crippen LogP) is 2.82. The molecule has 1 amide bonds. The zero-order valence-corrected chi connectivity index (χ0v) is 15.1. The van der Waals surface area contributed by atoms with E-state index in [1.807, 2.05) is 0 Å². The molecule has 3 aromatic heterocycles. The lowest BCUT2D eigenvalue weighted by molar-refractivity contribution is -0.117. The van der Waals surface area contributed by atoms with Gasteiger partial charge in [0.25, 0.3) is 0 Å². The summed E-state index contributed by atoms with van der Waals surface area (Å²) in [6, 6.07) is 4.86. The Bertz CT molecular complexity index is 1200. The van der Waals surface area contributed by atoms with Gasteiger partial charge in [0.2, 0.25) is 5.91 Å². The van der Waals surface area contributed by atoms with Crippen LogP contribution in [-0.2, 0) is 4.79 Å². The molecular formula is C21H19N5O2. The van der Waals surface area contributed by atoms with Gasteiger partial charge in [-0.3, -0.25) is 4.79 Å².